The standard InChI is InChI=1S/C18H28N2O/c1-2-15-9-11-16(12-10-15)18(21)20-14-13-19-17-7-5-3-4-6-8-17/h9-12,17,19H,2-8,13-14H2,1H3,(H,20,21). The summed E-state index contributed by atoms with van der Waals surface area (Å²) >= 11 is 0. The van der Waals surface area contributed by atoms with Crippen molar-refractivity contribution in [2.75, 3.05) is 13.1 Å². The summed E-state index contributed by atoms with van der Waals surface area (Å²) in [5, 5.41) is 6.56. The molecule has 0 aliphatic heterocycles. The van der Waals surface area contributed by atoms with Crippen molar-refractivity contribution in [3.63, 3.8) is 0 Å². The molecule has 1 aromatic rings. The van der Waals surface area contributed by atoms with Gasteiger partial charge in [0.25, 0.3) is 5.91 Å². The zero-order chi connectivity index (χ0) is 14.9. The fraction of sp³-hybridized carbons (Fsp3) is 0.611. The molecule has 0 unspecified atom stereocenters. The van der Waals surface area contributed by atoms with Gasteiger partial charge in [-0.05, 0) is 37.0 Å². The zero-order valence-corrected chi connectivity index (χ0v) is 13.2. The molecule has 0 heterocycles. The molecule has 3 nitrogen and oxygen atoms in total. The Balaban J connectivity index is 1.66. The van der Waals surface area contributed by atoms with Gasteiger partial charge in [0.2, 0.25) is 0 Å². The molecule has 3 heteroatoms. The van der Waals surface area contributed by atoms with Crippen molar-refractivity contribution in [3.05, 3.63) is 35.4 Å². The number of hydrogen-bond acceptors (Lipinski definition) is 2. The van der Waals surface area contributed by atoms with Gasteiger partial charge in [0.1, 0.15) is 0 Å². The minimum atomic E-state index is 0.0281. The van der Waals surface area contributed by atoms with Crippen LogP contribution < -0.4 is 10.6 Å². The van der Waals surface area contributed by atoms with Crippen LogP contribution in [0, 0.1) is 0 Å². The molecule has 1 fully saturated rings. The summed E-state index contributed by atoms with van der Waals surface area (Å²) in [4.78, 5) is 12.0. The SMILES string of the molecule is CCc1ccc(C(=O)NCCNC2CCCCCC2)cc1. The molecule has 0 atom stereocenters. The lowest BCUT2D eigenvalue weighted by Crippen LogP contribution is -2.36. The first-order valence-corrected chi connectivity index (χ1v) is 8.40. The molecule has 21 heavy (non-hydrogen) atoms. The van der Waals surface area contributed by atoms with Gasteiger partial charge in [-0.3, -0.25) is 4.79 Å². The topological polar surface area (TPSA) is 41.1 Å². The molecule has 0 saturated heterocycles. The van der Waals surface area contributed by atoms with E-state index in [1.807, 2.05) is 24.3 Å². The number of benzene rings is 1. The van der Waals surface area contributed by atoms with E-state index in [1.54, 1.807) is 0 Å². The predicted octanol–water partition coefficient (Wildman–Crippen LogP) is 3.29. The van der Waals surface area contributed by atoms with Crippen LogP contribution >= 0.6 is 0 Å². The highest BCUT2D eigenvalue weighted by atomic mass is 16.1. The molecule has 1 amide bonds. The summed E-state index contributed by atoms with van der Waals surface area (Å²) in [5.74, 6) is 0.0281. The first kappa shape index (κ1) is 16.0. The number of carbonyl (C=O) groups is 1. The smallest absolute Gasteiger partial charge is 0.251 e. The van der Waals surface area contributed by atoms with Crippen molar-refractivity contribution < 1.29 is 4.79 Å². The Morgan fingerprint density at radius 1 is 1.05 bits per heavy atom. The van der Waals surface area contributed by atoms with Crippen molar-refractivity contribution in [1.29, 1.82) is 0 Å². The monoisotopic (exact) mass is 288 g/mol. The second-order valence-electron chi connectivity index (χ2n) is 5.95. The van der Waals surface area contributed by atoms with E-state index in [0.29, 0.717) is 12.6 Å². The van der Waals surface area contributed by atoms with Crippen LogP contribution in [0.5, 0.6) is 0 Å². The van der Waals surface area contributed by atoms with Crippen LogP contribution in [0.1, 0.15) is 61.4 Å². The molecule has 2 rings (SSSR count). The van der Waals surface area contributed by atoms with E-state index < -0.39 is 0 Å². The van der Waals surface area contributed by atoms with Gasteiger partial charge in [-0.25, -0.2) is 0 Å². The molecule has 1 saturated carbocycles. The number of carbonyl (C=O) groups excluding carboxylic acids is 1. The lowest BCUT2D eigenvalue weighted by molar-refractivity contribution is 0.0953. The largest absolute Gasteiger partial charge is 0.351 e. The van der Waals surface area contributed by atoms with Crippen LogP contribution in [0.2, 0.25) is 0 Å². The summed E-state index contributed by atoms with van der Waals surface area (Å²) in [5.41, 5.74) is 2.02. The van der Waals surface area contributed by atoms with E-state index in [0.717, 1.165) is 18.5 Å². The highest BCUT2D eigenvalue weighted by molar-refractivity contribution is 5.94. The first-order chi connectivity index (χ1) is 10.3. The Morgan fingerprint density at radius 3 is 2.33 bits per heavy atom. The number of amides is 1. The van der Waals surface area contributed by atoms with E-state index in [-0.39, 0.29) is 5.91 Å². The quantitative estimate of drug-likeness (QED) is 0.623. The summed E-state index contributed by atoms with van der Waals surface area (Å²) in [6.45, 7) is 3.68. The average Bonchev–Trinajstić information content (AvgIpc) is 2.80. The van der Waals surface area contributed by atoms with E-state index in [4.69, 9.17) is 0 Å². The highest BCUT2D eigenvalue weighted by Crippen LogP contribution is 2.16. The van der Waals surface area contributed by atoms with Crippen LogP contribution in [0.4, 0.5) is 0 Å². The lowest BCUT2D eigenvalue weighted by Gasteiger charge is -2.16. The summed E-state index contributed by atoms with van der Waals surface area (Å²) < 4.78 is 0. The van der Waals surface area contributed by atoms with Crippen LogP contribution in [0.15, 0.2) is 24.3 Å². The summed E-state index contributed by atoms with van der Waals surface area (Å²) in [6, 6.07) is 8.52. The summed E-state index contributed by atoms with van der Waals surface area (Å²) in [7, 11) is 0. The number of rotatable bonds is 6. The molecule has 1 aliphatic carbocycles. The van der Waals surface area contributed by atoms with Crippen molar-refractivity contribution in [2.45, 2.75) is 57.9 Å². The van der Waals surface area contributed by atoms with Gasteiger partial charge in [-0.2, -0.15) is 0 Å². The molecule has 0 bridgehead atoms. The second-order valence-corrected chi connectivity index (χ2v) is 5.95. The zero-order valence-electron chi connectivity index (χ0n) is 13.2. The van der Waals surface area contributed by atoms with Crippen LogP contribution in [-0.2, 0) is 6.42 Å². The Hall–Kier alpha value is -1.35. The highest BCUT2D eigenvalue weighted by Gasteiger charge is 2.11. The van der Waals surface area contributed by atoms with Crippen LogP contribution in [-0.4, -0.2) is 25.0 Å². The maximum Gasteiger partial charge on any atom is 0.251 e. The second kappa shape index (κ2) is 8.83. The normalized spacial score (nSPS) is 16.4. The molecular formula is C18H28N2O. The first-order valence-electron chi connectivity index (χ1n) is 8.40. The van der Waals surface area contributed by atoms with Gasteiger partial charge in [-0.1, -0.05) is 44.7 Å². The maximum atomic E-state index is 12.0. The Morgan fingerprint density at radius 2 is 1.71 bits per heavy atom. The number of hydrogen-bond donors (Lipinski definition) is 2. The van der Waals surface area contributed by atoms with E-state index >= 15 is 0 Å². The molecule has 0 aromatic heterocycles. The summed E-state index contributed by atoms with van der Waals surface area (Å²) in [6.07, 6.45) is 9.01. The molecule has 1 aliphatic rings. The van der Waals surface area contributed by atoms with E-state index in [1.165, 1.54) is 44.1 Å². The maximum absolute atomic E-state index is 12.0. The fourth-order valence-corrected chi connectivity index (χ4v) is 2.93. The van der Waals surface area contributed by atoms with E-state index in [9.17, 15) is 4.79 Å². The van der Waals surface area contributed by atoms with Crippen molar-refractivity contribution in [3.8, 4) is 0 Å². The predicted molar refractivity (Wildman–Crippen MR) is 87.6 cm³/mol. The van der Waals surface area contributed by atoms with Gasteiger partial charge in [0.15, 0.2) is 0 Å². The third-order valence-corrected chi connectivity index (χ3v) is 4.32. The van der Waals surface area contributed by atoms with Gasteiger partial charge >= 0.3 is 0 Å². The average molecular weight is 288 g/mol. The molecule has 2 N–H and O–H groups in total. The van der Waals surface area contributed by atoms with Crippen molar-refractivity contribution in [2.24, 2.45) is 0 Å². The molecule has 1 aromatic carbocycles. The molecule has 0 spiro atoms. The minimum absolute atomic E-state index is 0.0281. The van der Waals surface area contributed by atoms with Gasteiger partial charge < -0.3 is 10.6 Å². The Bertz CT molecular complexity index is 419. The molecule has 116 valence electrons. The van der Waals surface area contributed by atoms with Gasteiger partial charge in [0, 0.05) is 24.7 Å². The minimum Gasteiger partial charge on any atom is -0.351 e. The van der Waals surface area contributed by atoms with Crippen LogP contribution in [0.25, 0.3) is 0 Å². The Labute approximate surface area is 128 Å². The lowest BCUT2D eigenvalue weighted by atomic mass is 10.1. The van der Waals surface area contributed by atoms with Crippen molar-refractivity contribution in [1.82, 2.24) is 10.6 Å². The Kier molecular flexibility index (Phi) is 6.74. The fourth-order valence-electron chi connectivity index (χ4n) is 2.93. The van der Waals surface area contributed by atoms with E-state index in [2.05, 4.69) is 17.6 Å². The third-order valence-electron chi connectivity index (χ3n) is 4.32. The van der Waals surface area contributed by atoms with Gasteiger partial charge in [-0.15, -0.1) is 0 Å². The number of nitrogens with one attached hydrogen (secondary N) is 2. The van der Waals surface area contributed by atoms with Crippen LogP contribution in [0.3, 0.4) is 0 Å². The van der Waals surface area contributed by atoms with Gasteiger partial charge in [0.05, 0.1) is 0 Å². The number of aryl methyl sites for hydroxylation is 1. The third kappa shape index (κ3) is 5.50. The molecular weight excluding hydrogens is 260 g/mol. The van der Waals surface area contributed by atoms with Crippen molar-refractivity contribution >= 4 is 5.91 Å². The molecule has 0 radical (unpaired) electrons.